The van der Waals surface area contributed by atoms with Crippen LogP contribution in [0.4, 0.5) is 19.0 Å². The van der Waals surface area contributed by atoms with Crippen LogP contribution in [0.3, 0.4) is 0 Å². The lowest BCUT2D eigenvalue weighted by Gasteiger charge is -2.19. The van der Waals surface area contributed by atoms with E-state index in [1.807, 2.05) is 23.1 Å². The van der Waals surface area contributed by atoms with Crippen molar-refractivity contribution in [3.05, 3.63) is 84.1 Å². The highest BCUT2D eigenvalue weighted by Gasteiger charge is 2.31. The first-order chi connectivity index (χ1) is 14.9. The average molecular weight is 427 g/mol. The fourth-order valence-electron chi connectivity index (χ4n) is 3.45. The number of nitrogens with zero attached hydrogens (tertiary/aromatic N) is 2. The van der Waals surface area contributed by atoms with Crippen LogP contribution in [0.2, 0.25) is 0 Å². The molecule has 0 saturated carbocycles. The van der Waals surface area contributed by atoms with Crippen LogP contribution in [0.25, 0.3) is 0 Å². The van der Waals surface area contributed by atoms with Gasteiger partial charge in [0.25, 0.3) is 5.91 Å². The molecule has 2 aromatic carbocycles. The number of aromatic nitrogens is 1. The van der Waals surface area contributed by atoms with Crippen molar-refractivity contribution in [2.24, 2.45) is 0 Å². The SMILES string of the molecule is O=C(NC1CCN(c2ccc(C(F)(F)F)cn2)C1)c1ccccc1Oc1ccccc1. The maximum atomic E-state index is 12.9. The quantitative estimate of drug-likeness (QED) is 0.629. The average Bonchev–Trinajstić information content (AvgIpc) is 3.23. The Kier molecular flexibility index (Phi) is 5.79. The lowest BCUT2D eigenvalue weighted by molar-refractivity contribution is -0.137. The van der Waals surface area contributed by atoms with Crippen LogP contribution < -0.4 is 15.0 Å². The van der Waals surface area contributed by atoms with Gasteiger partial charge >= 0.3 is 6.18 Å². The molecule has 0 radical (unpaired) electrons. The number of amides is 1. The first-order valence-corrected chi connectivity index (χ1v) is 9.81. The molecule has 0 spiro atoms. The van der Waals surface area contributed by atoms with Gasteiger partial charge in [-0.05, 0) is 42.8 Å². The summed E-state index contributed by atoms with van der Waals surface area (Å²) in [4.78, 5) is 18.7. The fraction of sp³-hybridized carbons (Fsp3) is 0.217. The van der Waals surface area contributed by atoms with Crippen LogP contribution in [0.1, 0.15) is 22.3 Å². The number of nitrogens with one attached hydrogen (secondary N) is 1. The normalized spacial score (nSPS) is 16.2. The highest BCUT2D eigenvalue weighted by molar-refractivity contribution is 5.97. The largest absolute Gasteiger partial charge is 0.457 e. The number of rotatable bonds is 5. The monoisotopic (exact) mass is 427 g/mol. The van der Waals surface area contributed by atoms with Crippen molar-refractivity contribution in [1.82, 2.24) is 10.3 Å². The summed E-state index contributed by atoms with van der Waals surface area (Å²) in [6.07, 6.45) is -2.92. The molecule has 2 heterocycles. The van der Waals surface area contributed by atoms with Gasteiger partial charge in [-0.15, -0.1) is 0 Å². The first-order valence-electron chi connectivity index (χ1n) is 9.81. The Labute approximate surface area is 177 Å². The molecule has 1 N–H and O–H groups in total. The highest BCUT2D eigenvalue weighted by atomic mass is 19.4. The Bertz CT molecular complexity index is 1040. The van der Waals surface area contributed by atoms with Gasteiger partial charge < -0.3 is 15.0 Å². The Morgan fingerprint density at radius 2 is 1.77 bits per heavy atom. The van der Waals surface area contributed by atoms with Gasteiger partial charge in [-0.1, -0.05) is 30.3 Å². The van der Waals surface area contributed by atoms with Gasteiger partial charge in [0.05, 0.1) is 11.1 Å². The van der Waals surface area contributed by atoms with E-state index in [0.717, 1.165) is 12.3 Å². The molecule has 0 bridgehead atoms. The summed E-state index contributed by atoms with van der Waals surface area (Å²) in [6, 6.07) is 18.4. The Morgan fingerprint density at radius 3 is 2.48 bits per heavy atom. The number of carbonyl (C=O) groups is 1. The third-order valence-electron chi connectivity index (χ3n) is 5.03. The van der Waals surface area contributed by atoms with Gasteiger partial charge in [0, 0.05) is 25.3 Å². The summed E-state index contributed by atoms with van der Waals surface area (Å²) in [7, 11) is 0. The Morgan fingerprint density at radius 1 is 1.03 bits per heavy atom. The topological polar surface area (TPSA) is 54.5 Å². The summed E-state index contributed by atoms with van der Waals surface area (Å²) < 4.78 is 44.0. The van der Waals surface area contributed by atoms with E-state index >= 15 is 0 Å². The number of anilines is 1. The predicted molar refractivity (Wildman–Crippen MR) is 110 cm³/mol. The summed E-state index contributed by atoms with van der Waals surface area (Å²) in [5.74, 6) is 1.27. The smallest absolute Gasteiger partial charge is 0.417 e. The number of ether oxygens (including phenoxy) is 1. The minimum absolute atomic E-state index is 0.152. The number of benzene rings is 2. The molecule has 8 heteroatoms. The molecule has 3 aromatic rings. The Hall–Kier alpha value is -3.55. The number of para-hydroxylation sites is 2. The van der Waals surface area contributed by atoms with Crippen molar-refractivity contribution in [1.29, 1.82) is 0 Å². The van der Waals surface area contributed by atoms with E-state index in [1.165, 1.54) is 6.07 Å². The molecule has 1 aromatic heterocycles. The molecule has 31 heavy (non-hydrogen) atoms. The molecule has 0 aliphatic carbocycles. The second-order valence-electron chi connectivity index (χ2n) is 7.22. The van der Waals surface area contributed by atoms with Crippen LogP contribution in [0, 0.1) is 0 Å². The third-order valence-corrected chi connectivity index (χ3v) is 5.03. The minimum atomic E-state index is -4.41. The van der Waals surface area contributed by atoms with Crippen LogP contribution >= 0.6 is 0 Å². The molecule has 1 aliphatic rings. The van der Waals surface area contributed by atoms with Gasteiger partial charge in [-0.3, -0.25) is 4.79 Å². The predicted octanol–water partition coefficient (Wildman–Crippen LogP) is 4.90. The van der Waals surface area contributed by atoms with E-state index in [0.29, 0.717) is 42.4 Å². The molecule has 1 saturated heterocycles. The van der Waals surface area contributed by atoms with Crippen LogP contribution in [-0.2, 0) is 6.18 Å². The fourth-order valence-corrected chi connectivity index (χ4v) is 3.45. The third kappa shape index (κ3) is 4.96. The van der Waals surface area contributed by atoms with E-state index in [2.05, 4.69) is 10.3 Å². The van der Waals surface area contributed by atoms with Crippen LogP contribution in [-0.4, -0.2) is 30.0 Å². The Balaban J connectivity index is 1.40. The molecular weight excluding hydrogens is 407 g/mol. The van der Waals surface area contributed by atoms with Gasteiger partial charge in [-0.25, -0.2) is 4.98 Å². The van der Waals surface area contributed by atoms with Crippen molar-refractivity contribution in [2.75, 3.05) is 18.0 Å². The first kappa shape index (κ1) is 20.7. The minimum Gasteiger partial charge on any atom is -0.457 e. The zero-order chi connectivity index (χ0) is 21.8. The van der Waals surface area contributed by atoms with Crippen LogP contribution in [0.15, 0.2) is 72.9 Å². The van der Waals surface area contributed by atoms with Gasteiger partial charge in [0.15, 0.2) is 0 Å². The highest BCUT2D eigenvalue weighted by Crippen LogP contribution is 2.30. The van der Waals surface area contributed by atoms with E-state index in [1.54, 1.807) is 36.4 Å². The molecule has 5 nitrogen and oxygen atoms in total. The van der Waals surface area contributed by atoms with Crippen molar-refractivity contribution in [3.63, 3.8) is 0 Å². The summed E-state index contributed by atoms with van der Waals surface area (Å²) in [5.41, 5.74) is -0.368. The van der Waals surface area contributed by atoms with E-state index < -0.39 is 11.7 Å². The number of hydrogen-bond acceptors (Lipinski definition) is 4. The summed E-state index contributed by atoms with van der Waals surface area (Å²) in [5, 5.41) is 2.99. The maximum Gasteiger partial charge on any atom is 0.417 e. The second kappa shape index (κ2) is 8.67. The van der Waals surface area contributed by atoms with Gasteiger partial charge in [0.2, 0.25) is 0 Å². The zero-order valence-electron chi connectivity index (χ0n) is 16.5. The molecular formula is C23H20F3N3O2. The summed E-state index contributed by atoms with van der Waals surface area (Å²) in [6.45, 7) is 1.05. The van der Waals surface area contributed by atoms with E-state index in [4.69, 9.17) is 4.74 Å². The second-order valence-corrected chi connectivity index (χ2v) is 7.22. The number of halogens is 3. The van der Waals surface area contributed by atoms with Crippen molar-refractivity contribution in [2.45, 2.75) is 18.6 Å². The van der Waals surface area contributed by atoms with Crippen LogP contribution in [0.5, 0.6) is 11.5 Å². The number of hydrogen-bond donors (Lipinski definition) is 1. The zero-order valence-corrected chi connectivity index (χ0v) is 16.5. The maximum absolute atomic E-state index is 12.9. The van der Waals surface area contributed by atoms with Gasteiger partial charge in [0.1, 0.15) is 17.3 Å². The van der Waals surface area contributed by atoms with Crippen molar-refractivity contribution >= 4 is 11.7 Å². The molecule has 1 unspecified atom stereocenters. The molecule has 4 rings (SSSR count). The lowest BCUT2D eigenvalue weighted by Crippen LogP contribution is -2.37. The molecule has 1 fully saturated rings. The molecule has 1 aliphatic heterocycles. The number of alkyl halides is 3. The van der Waals surface area contributed by atoms with E-state index in [-0.39, 0.29) is 11.9 Å². The van der Waals surface area contributed by atoms with Crippen molar-refractivity contribution < 1.29 is 22.7 Å². The standard InChI is InChI=1S/C23H20F3N3O2/c24-23(25,26)16-10-11-21(27-14-16)29-13-12-17(15-29)28-22(30)19-8-4-5-9-20(19)31-18-6-2-1-3-7-18/h1-11,14,17H,12-13,15H2,(H,28,30). The van der Waals surface area contributed by atoms with Gasteiger partial charge in [-0.2, -0.15) is 13.2 Å². The van der Waals surface area contributed by atoms with Crippen molar-refractivity contribution in [3.8, 4) is 11.5 Å². The molecule has 160 valence electrons. The number of pyridine rings is 1. The van der Waals surface area contributed by atoms with E-state index in [9.17, 15) is 18.0 Å². The lowest BCUT2D eigenvalue weighted by atomic mass is 10.1. The molecule has 1 amide bonds. The molecule has 1 atom stereocenters. The number of carbonyl (C=O) groups excluding carboxylic acids is 1. The summed E-state index contributed by atoms with van der Waals surface area (Å²) >= 11 is 0.